The molecule has 1 aromatic heterocycles. The number of oxazole rings is 1. The predicted molar refractivity (Wildman–Crippen MR) is 81.2 cm³/mol. The molecule has 0 spiro atoms. The van der Waals surface area contributed by atoms with Crippen molar-refractivity contribution >= 4 is 5.91 Å². The molecule has 1 unspecified atom stereocenters. The Kier molecular flexibility index (Phi) is 6.11. The van der Waals surface area contributed by atoms with Gasteiger partial charge in [-0.15, -0.1) is 0 Å². The van der Waals surface area contributed by atoms with E-state index in [9.17, 15) is 9.90 Å². The summed E-state index contributed by atoms with van der Waals surface area (Å²) in [6, 6.07) is 0. The minimum Gasteiger partial charge on any atom is -0.448 e. The summed E-state index contributed by atoms with van der Waals surface area (Å²) in [6.07, 6.45) is 11.5. The van der Waals surface area contributed by atoms with Crippen molar-refractivity contribution in [3.63, 3.8) is 0 Å². The molecule has 0 saturated carbocycles. The van der Waals surface area contributed by atoms with Gasteiger partial charge in [0.25, 0.3) is 0 Å². The molecule has 21 heavy (non-hydrogen) atoms. The Morgan fingerprint density at radius 3 is 2.81 bits per heavy atom. The maximum absolute atomic E-state index is 11.2. The summed E-state index contributed by atoms with van der Waals surface area (Å²) in [5.41, 5.74) is 5.56. The highest BCUT2D eigenvalue weighted by atomic mass is 16.3. The predicted octanol–water partition coefficient (Wildman–Crippen LogP) is 2.15. The molecule has 5 heteroatoms. The summed E-state index contributed by atoms with van der Waals surface area (Å²) < 4.78 is 5.05. The van der Waals surface area contributed by atoms with E-state index in [1.54, 1.807) is 38.3 Å². The highest BCUT2D eigenvalue weighted by molar-refractivity contribution is 5.82. The number of aliphatic hydroxyl groups excluding tert-OH is 1. The fraction of sp³-hybridized carbons (Fsp3) is 0.375. The largest absolute Gasteiger partial charge is 0.448 e. The second-order valence-corrected chi connectivity index (χ2v) is 5.46. The van der Waals surface area contributed by atoms with E-state index < -0.39 is 11.5 Å². The number of aromatic nitrogens is 1. The Morgan fingerprint density at radius 2 is 2.24 bits per heavy atom. The molecule has 0 aliphatic rings. The Bertz CT molecular complexity index is 540. The third kappa shape index (κ3) is 6.23. The fourth-order valence-electron chi connectivity index (χ4n) is 1.71. The van der Waals surface area contributed by atoms with Crippen LogP contribution in [0.2, 0.25) is 0 Å². The maximum Gasteiger partial charge on any atom is 0.226 e. The number of primary amides is 1. The van der Waals surface area contributed by atoms with Gasteiger partial charge in [-0.2, -0.15) is 0 Å². The minimum atomic E-state index is -0.677. The summed E-state index contributed by atoms with van der Waals surface area (Å²) in [4.78, 5) is 15.0. The number of amides is 1. The van der Waals surface area contributed by atoms with Gasteiger partial charge in [0.05, 0.1) is 17.7 Å². The van der Waals surface area contributed by atoms with Crippen LogP contribution in [0.15, 0.2) is 53.0 Å². The number of rotatable bonds is 7. The average Bonchev–Trinajstić information content (AvgIpc) is 2.86. The quantitative estimate of drug-likeness (QED) is 0.753. The SMILES string of the molecule is CC(/C=C/C=C/C(O)Cc1cnco1)=C\C(C)(C)C(N)=O. The first-order chi connectivity index (χ1) is 9.81. The molecule has 1 atom stereocenters. The number of carbonyl (C=O) groups excluding carboxylic acids is 1. The van der Waals surface area contributed by atoms with E-state index in [-0.39, 0.29) is 5.91 Å². The van der Waals surface area contributed by atoms with Crippen molar-refractivity contribution in [3.8, 4) is 0 Å². The zero-order chi connectivity index (χ0) is 15.9. The van der Waals surface area contributed by atoms with Crippen molar-refractivity contribution in [2.75, 3.05) is 0 Å². The van der Waals surface area contributed by atoms with Gasteiger partial charge in [-0.3, -0.25) is 4.79 Å². The monoisotopic (exact) mass is 290 g/mol. The second-order valence-electron chi connectivity index (χ2n) is 5.46. The van der Waals surface area contributed by atoms with Crippen LogP contribution in [0.1, 0.15) is 26.5 Å². The van der Waals surface area contributed by atoms with Gasteiger partial charge >= 0.3 is 0 Å². The van der Waals surface area contributed by atoms with Crippen LogP contribution in [0.5, 0.6) is 0 Å². The molecular weight excluding hydrogens is 268 g/mol. The number of nitrogens with zero attached hydrogens (tertiary/aromatic N) is 1. The van der Waals surface area contributed by atoms with Crippen LogP contribution in [0, 0.1) is 5.41 Å². The molecule has 1 aromatic rings. The molecule has 0 fully saturated rings. The molecule has 0 saturated heterocycles. The number of hydrogen-bond donors (Lipinski definition) is 2. The van der Waals surface area contributed by atoms with Gasteiger partial charge in [0.15, 0.2) is 6.39 Å². The lowest BCUT2D eigenvalue weighted by Gasteiger charge is -2.15. The fourth-order valence-corrected chi connectivity index (χ4v) is 1.71. The van der Waals surface area contributed by atoms with E-state index in [4.69, 9.17) is 10.2 Å². The van der Waals surface area contributed by atoms with Gasteiger partial charge in [0.1, 0.15) is 5.76 Å². The van der Waals surface area contributed by atoms with Crippen LogP contribution in [-0.4, -0.2) is 22.1 Å². The number of nitrogens with two attached hydrogens (primary N) is 1. The van der Waals surface area contributed by atoms with Crippen molar-refractivity contribution in [1.29, 1.82) is 0 Å². The van der Waals surface area contributed by atoms with Crippen LogP contribution in [0.25, 0.3) is 0 Å². The van der Waals surface area contributed by atoms with Gasteiger partial charge < -0.3 is 15.3 Å². The topological polar surface area (TPSA) is 89.3 Å². The lowest BCUT2D eigenvalue weighted by molar-refractivity contribution is -0.123. The average molecular weight is 290 g/mol. The Balaban J connectivity index is 2.51. The van der Waals surface area contributed by atoms with Crippen molar-refractivity contribution in [2.45, 2.75) is 33.3 Å². The molecule has 0 aromatic carbocycles. The van der Waals surface area contributed by atoms with E-state index in [1.165, 1.54) is 6.39 Å². The van der Waals surface area contributed by atoms with Gasteiger partial charge in [-0.25, -0.2) is 4.98 Å². The zero-order valence-electron chi connectivity index (χ0n) is 12.6. The second kappa shape index (κ2) is 7.59. The van der Waals surface area contributed by atoms with Crippen molar-refractivity contribution in [1.82, 2.24) is 4.98 Å². The molecular formula is C16H22N2O3. The number of hydrogen-bond acceptors (Lipinski definition) is 4. The van der Waals surface area contributed by atoms with Crippen LogP contribution in [0.3, 0.4) is 0 Å². The van der Waals surface area contributed by atoms with Crippen molar-refractivity contribution < 1.29 is 14.3 Å². The molecule has 114 valence electrons. The van der Waals surface area contributed by atoms with E-state index in [0.717, 1.165) is 5.57 Å². The van der Waals surface area contributed by atoms with Crippen LogP contribution >= 0.6 is 0 Å². The molecule has 1 heterocycles. The summed E-state index contributed by atoms with van der Waals surface area (Å²) >= 11 is 0. The summed E-state index contributed by atoms with van der Waals surface area (Å²) in [6.45, 7) is 5.42. The Labute approximate surface area is 124 Å². The van der Waals surface area contributed by atoms with E-state index >= 15 is 0 Å². The van der Waals surface area contributed by atoms with E-state index in [1.807, 2.05) is 19.1 Å². The summed E-state index contributed by atoms with van der Waals surface area (Å²) in [7, 11) is 0. The van der Waals surface area contributed by atoms with E-state index in [2.05, 4.69) is 4.98 Å². The Hall–Kier alpha value is -2.14. The minimum absolute atomic E-state index is 0.367. The molecule has 0 radical (unpaired) electrons. The standard InChI is InChI=1S/C16H22N2O3/c1-12(9-16(2,3)15(17)20)6-4-5-7-13(19)8-14-10-18-11-21-14/h4-7,9-11,13,19H,8H2,1-3H3,(H2,17,20)/b6-4+,7-5+,12-9+. The molecule has 0 aliphatic heterocycles. The number of carbonyl (C=O) groups is 1. The lowest BCUT2D eigenvalue weighted by Crippen LogP contribution is -2.29. The first kappa shape index (κ1) is 16.9. The lowest BCUT2D eigenvalue weighted by atomic mass is 9.90. The molecule has 0 aliphatic carbocycles. The van der Waals surface area contributed by atoms with Crippen LogP contribution in [-0.2, 0) is 11.2 Å². The highest BCUT2D eigenvalue weighted by Gasteiger charge is 2.21. The van der Waals surface area contributed by atoms with Crippen molar-refractivity contribution in [3.05, 3.63) is 54.3 Å². The Morgan fingerprint density at radius 1 is 1.52 bits per heavy atom. The molecule has 1 amide bonds. The first-order valence-corrected chi connectivity index (χ1v) is 6.71. The van der Waals surface area contributed by atoms with E-state index in [0.29, 0.717) is 12.2 Å². The smallest absolute Gasteiger partial charge is 0.226 e. The molecule has 1 rings (SSSR count). The maximum atomic E-state index is 11.2. The third-order valence-corrected chi connectivity index (χ3v) is 2.92. The van der Waals surface area contributed by atoms with Crippen molar-refractivity contribution in [2.24, 2.45) is 11.1 Å². The first-order valence-electron chi connectivity index (χ1n) is 6.71. The zero-order valence-corrected chi connectivity index (χ0v) is 12.6. The normalized spacial score (nSPS) is 15.0. The molecule has 5 nitrogen and oxygen atoms in total. The van der Waals surface area contributed by atoms with Gasteiger partial charge in [0.2, 0.25) is 5.91 Å². The van der Waals surface area contributed by atoms with Gasteiger partial charge in [-0.1, -0.05) is 36.0 Å². The van der Waals surface area contributed by atoms with Crippen LogP contribution < -0.4 is 5.73 Å². The van der Waals surface area contributed by atoms with Gasteiger partial charge in [-0.05, 0) is 20.8 Å². The third-order valence-electron chi connectivity index (χ3n) is 2.92. The number of allylic oxidation sites excluding steroid dienone is 4. The summed E-state index contributed by atoms with van der Waals surface area (Å²) in [5.74, 6) is 0.267. The summed E-state index contributed by atoms with van der Waals surface area (Å²) in [5, 5.41) is 9.76. The van der Waals surface area contributed by atoms with Gasteiger partial charge in [0, 0.05) is 6.42 Å². The molecule has 3 N–H and O–H groups in total. The molecule has 0 bridgehead atoms. The number of aliphatic hydroxyl groups is 1. The van der Waals surface area contributed by atoms with Crippen LogP contribution in [0.4, 0.5) is 0 Å². The highest BCUT2D eigenvalue weighted by Crippen LogP contribution is 2.18.